The van der Waals surface area contributed by atoms with Gasteiger partial charge in [-0.15, -0.1) is 0 Å². The van der Waals surface area contributed by atoms with E-state index in [1.165, 1.54) is 0 Å². The van der Waals surface area contributed by atoms with Gasteiger partial charge in [-0.3, -0.25) is 9.59 Å². The molecule has 1 aliphatic heterocycles. The maximum Gasteiger partial charge on any atom is 0.407 e. The molecule has 2 aromatic rings. The summed E-state index contributed by atoms with van der Waals surface area (Å²) in [6.07, 6.45) is 1.49. The van der Waals surface area contributed by atoms with Crippen LogP contribution in [0.4, 0.5) is 4.79 Å². The molecule has 1 aliphatic carbocycles. The topological polar surface area (TPSA) is 95.9 Å². The summed E-state index contributed by atoms with van der Waals surface area (Å²) < 4.78 is 5.53. The zero-order valence-electron chi connectivity index (χ0n) is 19.8. The second kappa shape index (κ2) is 9.87. The fraction of sp³-hybridized carbons (Fsp3) is 0.444. The Kier molecular flexibility index (Phi) is 6.91. The third-order valence-electron chi connectivity index (χ3n) is 7.45. The van der Waals surface area contributed by atoms with Gasteiger partial charge in [-0.05, 0) is 40.5 Å². The Morgan fingerprint density at radius 3 is 2.15 bits per heavy atom. The van der Waals surface area contributed by atoms with Crippen LogP contribution >= 0.6 is 0 Å². The molecule has 7 nitrogen and oxygen atoms in total. The number of carbonyl (C=O) groups is 3. The number of alkyl carbamates (subject to hydrolysis) is 1. The molecule has 0 radical (unpaired) electrons. The molecule has 1 unspecified atom stereocenters. The van der Waals surface area contributed by atoms with Crippen molar-refractivity contribution in [1.82, 2.24) is 10.2 Å². The number of carboxylic acids is 1. The summed E-state index contributed by atoms with van der Waals surface area (Å²) in [5.41, 5.74) is 4.61. The first-order valence-corrected chi connectivity index (χ1v) is 11.9. The van der Waals surface area contributed by atoms with Gasteiger partial charge in [-0.25, -0.2) is 4.79 Å². The van der Waals surface area contributed by atoms with Crippen molar-refractivity contribution < 1.29 is 24.2 Å². The Morgan fingerprint density at radius 2 is 1.62 bits per heavy atom. The molecule has 7 heteroatoms. The average Bonchev–Trinajstić information content (AvgIpc) is 3.16. The molecule has 0 bridgehead atoms. The molecule has 4 rings (SSSR count). The SMILES string of the molecule is CCC1(C)CCN(C(=O)C(CC(=O)O)NC(=O)OCC2c3ccccc3-c3ccccc32)CC1. The number of hydrogen-bond acceptors (Lipinski definition) is 4. The van der Waals surface area contributed by atoms with E-state index < -0.39 is 24.5 Å². The lowest BCUT2D eigenvalue weighted by Gasteiger charge is -2.40. The number of amides is 2. The monoisotopic (exact) mass is 464 g/mol. The average molecular weight is 465 g/mol. The summed E-state index contributed by atoms with van der Waals surface area (Å²) in [7, 11) is 0. The minimum atomic E-state index is -1.15. The van der Waals surface area contributed by atoms with Gasteiger partial charge >= 0.3 is 12.1 Å². The molecule has 2 aromatic carbocycles. The molecule has 1 saturated heterocycles. The van der Waals surface area contributed by atoms with Crippen molar-refractivity contribution in [2.24, 2.45) is 5.41 Å². The first-order chi connectivity index (χ1) is 16.3. The van der Waals surface area contributed by atoms with Crippen LogP contribution in [0, 0.1) is 5.41 Å². The fourth-order valence-corrected chi connectivity index (χ4v) is 5.00. The van der Waals surface area contributed by atoms with Crippen molar-refractivity contribution in [3.05, 3.63) is 59.7 Å². The lowest BCUT2D eigenvalue weighted by Crippen LogP contribution is -2.52. The number of ether oxygens (including phenoxy) is 1. The molecule has 34 heavy (non-hydrogen) atoms. The van der Waals surface area contributed by atoms with Crippen molar-refractivity contribution in [1.29, 1.82) is 0 Å². The van der Waals surface area contributed by atoms with E-state index in [1.54, 1.807) is 4.90 Å². The second-order valence-electron chi connectivity index (χ2n) is 9.61. The first kappa shape index (κ1) is 23.8. The van der Waals surface area contributed by atoms with Crippen molar-refractivity contribution >= 4 is 18.0 Å². The second-order valence-corrected chi connectivity index (χ2v) is 9.61. The third-order valence-corrected chi connectivity index (χ3v) is 7.45. The van der Waals surface area contributed by atoms with Crippen LogP contribution < -0.4 is 5.32 Å². The third kappa shape index (κ3) is 4.93. The number of nitrogens with one attached hydrogen (secondary N) is 1. The van der Waals surface area contributed by atoms with Crippen LogP contribution in [0.1, 0.15) is 56.6 Å². The van der Waals surface area contributed by atoms with Crippen molar-refractivity contribution in [3.63, 3.8) is 0 Å². The van der Waals surface area contributed by atoms with E-state index in [0.717, 1.165) is 41.5 Å². The van der Waals surface area contributed by atoms with Crippen molar-refractivity contribution in [2.75, 3.05) is 19.7 Å². The molecular weight excluding hydrogens is 432 g/mol. The van der Waals surface area contributed by atoms with E-state index in [2.05, 4.69) is 31.3 Å². The van der Waals surface area contributed by atoms with Gasteiger partial charge in [0, 0.05) is 19.0 Å². The minimum absolute atomic E-state index is 0.104. The largest absolute Gasteiger partial charge is 0.481 e. The zero-order chi connectivity index (χ0) is 24.3. The maximum absolute atomic E-state index is 13.0. The highest BCUT2D eigenvalue weighted by molar-refractivity contribution is 5.89. The summed E-state index contributed by atoms with van der Waals surface area (Å²) in [5.74, 6) is -1.62. The fourth-order valence-electron chi connectivity index (χ4n) is 5.00. The van der Waals surface area contributed by atoms with Crippen molar-refractivity contribution in [2.45, 2.75) is 51.5 Å². The van der Waals surface area contributed by atoms with E-state index in [-0.39, 0.29) is 23.8 Å². The Labute approximate surface area is 200 Å². The van der Waals surface area contributed by atoms with Gasteiger partial charge in [0.1, 0.15) is 12.6 Å². The van der Waals surface area contributed by atoms with Gasteiger partial charge in [0.2, 0.25) is 5.91 Å². The quantitative estimate of drug-likeness (QED) is 0.633. The number of fused-ring (bicyclic) bond motifs is 3. The number of carboxylic acid groups (broad SMARTS) is 1. The van der Waals surface area contributed by atoms with E-state index in [4.69, 9.17) is 4.74 Å². The van der Waals surface area contributed by atoms with E-state index >= 15 is 0 Å². The van der Waals surface area contributed by atoms with Crippen LogP contribution in [0.5, 0.6) is 0 Å². The Morgan fingerprint density at radius 1 is 1.06 bits per heavy atom. The van der Waals surface area contributed by atoms with Gasteiger partial charge in [0.05, 0.1) is 6.42 Å². The van der Waals surface area contributed by atoms with E-state index in [9.17, 15) is 19.5 Å². The smallest absolute Gasteiger partial charge is 0.407 e. The van der Waals surface area contributed by atoms with Crippen LogP contribution in [0.25, 0.3) is 11.1 Å². The van der Waals surface area contributed by atoms with Crippen LogP contribution in [-0.2, 0) is 14.3 Å². The number of carbonyl (C=O) groups excluding carboxylic acids is 2. The molecule has 0 spiro atoms. The Balaban J connectivity index is 1.40. The number of likely N-dealkylation sites (tertiary alicyclic amines) is 1. The van der Waals surface area contributed by atoms with Crippen LogP contribution in [0.3, 0.4) is 0 Å². The predicted molar refractivity (Wildman–Crippen MR) is 128 cm³/mol. The van der Waals surface area contributed by atoms with Gasteiger partial charge in [-0.1, -0.05) is 68.8 Å². The van der Waals surface area contributed by atoms with Gasteiger partial charge in [-0.2, -0.15) is 0 Å². The lowest BCUT2D eigenvalue weighted by atomic mass is 9.78. The molecule has 0 aromatic heterocycles. The molecule has 1 fully saturated rings. The molecule has 2 aliphatic rings. The number of nitrogens with zero attached hydrogens (tertiary/aromatic N) is 1. The standard InChI is InChI=1S/C27H32N2O5/c1-3-27(2)12-14-29(15-13-27)25(32)23(16-24(30)31)28-26(33)34-17-22-20-10-6-4-8-18(20)19-9-5-7-11-21(19)22/h4-11,22-23H,3,12-17H2,1-2H3,(H,28,33)(H,30,31). The van der Waals surface area contributed by atoms with Crippen LogP contribution in [0.15, 0.2) is 48.5 Å². The Hall–Kier alpha value is -3.35. The minimum Gasteiger partial charge on any atom is -0.481 e. The van der Waals surface area contributed by atoms with Gasteiger partial charge < -0.3 is 20.1 Å². The summed E-state index contributed by atoms with van der Waals surface area (Å²) in [5, 5.41) is 11.8. The van der Waals surface area contributed by atoms with Crippen LogP contribution in [-0.4, -0.2) is 53.7 Å². The number of rotatable bonds is 7. The normalized spacial score (nSPS) is 17.4. The number of aliphatic carboxylic acids is 1. The number of hydrogen-bond donors (Lipinski definition) is 2. The zero-order valence-corrected chi connectivity index (χ0v) is 19.8. The first-order valence-electron chi connectivity index (χ1n) is 11.9. The summed E-state index contributed by atoms with van der Waals surface area (Å²) in [4.78, 5) is 38.8. The van der Waals surface area contributed by atoms with Crippen LogP contribution in [0.2, 0.25) is 0 Å². The lowest BCUT2D eigenvalue weighted by molar-refractivity contribution is -0.143. The van der Waals surface area contributed by atoms with Crippen molar-refractivity contribution in [3.8, 4) is 11.1 Å². The highest BCUT2D eigenvalue weighted by atomic mass is 16.5. The highest BCUT2D eigenvalue weighted by Crippen LogP contribution is 2.44. The maximum atomic E-state index is 13.0. The van der Waals surface area contributed by atoms with E-state index in [1.807, 2.05) is 36.4 Å². The number of piperidine rings is 1. The predicted octanol–water partition coefficient (Wildman–Crippen LogP) is 4.41. The number of benzene rings is 2. The molecule has 1 heterocycles. The highest BCUT2D eigenvalue weighted by Gasteiger charge is 2.35. The molecular formula is C27H32N2O5. The molecule has 0 saturated carbocycles. The summed E-state index contributed by atoms with van der Waals surface area (Å²) in [6, 6.07) is 14.9. The molecule has 2 amide bonds. The molecule has 1 atom stereocenters. The molecule has 2 N–H and O–H groups in total. The van der Waals surface area contributed by atoms with E-state index in [0.29, 0.717) is 13.1 Å². The summed E-state index contributed by atoms with van der Waals surface area (Å²) >= 11 is 0. The van der Waals surface area contributed by atoms with Gasteiger partial charge in [0.25, 0.3) is 0 Å². The Bertz CT molecular complexity index is 1030. The summed E-state index contributed by atoms with van der Waals surface area (Å²) in [6.45, 7) is 5.58. The van der Waals surface area contributed by atoms with Gasteiger partial charge in [0.15, 0.2) is 0 Å². The molecule has 180 valence electrons.